The first-order chi connectivity index (χ1) is 18.4. The zero-order chi connectivity index (χ0) is 26.8. The predicted octanol–water partition coefficient (Wildman–Crippen LogP) is 5.34. The van der Waals surface area contributed by atoms with E-state index in [4.69, 9.17) is 14.0 Å². The van der Waals surface area contributed by atoms with Crippen LogP contribution in [0, 0.1) is 12.7 Å². The molecule has 0 radical (unpaired) electrons. The number of aryl methyl sites for hydroxylation is 1. The van der Waals surface area contributed by atoms with Gasteiger partial charge in [-0.15, -0.1) is 0 Å². The Morgan fingerprint density at radius 3 is 2.42 bits per heavy atom. The molecule has 1 atom stereocenters. The number of amides is 1. The average molecular weight is 515 g/mol. The van der Waals surface area contributed by atoms with Crippen LogP contribution in [0.2, 0.25) is 0 Å². The van der Waals surface area contributed by atoms with Crippen LogP contribution < -0.4 is 14.4 Å². The van der Waals surface area contributed by atoms with Crippen molar-refractivity contribution < 1.29 is 33.1 Å². The van der Waals surface area contributed by atoms with E-state index in [9.17, 15) is 19.1 Å². The number of methoxy groups -OCH3 is 1. The quantitative estimate of drug-likeness (QED) is 0.202. The Labute approximate surface area is 217 Å². The molecule has 1 aliphatic heterocycles. The van der Waals surface area contributed by atoms with Gasteiger partial charge in [0.05, 0.1) is 18.7 Å². The summed E-state index contributed by atoms with van der Waals surface area (Å²) in [5.74, 6) is -1.41. The first-order valence-electron chi connectivity index (χ1n) is 11.7. The number of anilines is 1. The zero-order valence-corrected chi connectivity index (χ0v) is 20.6. The summed E-state index contributed by atoms with van der Waals surface area (Å²) in [5.41, 5.74) is 1.42. The lowest BCUT2D eigenvalue weighted by molar-refractivity contribution is -0.132. The predicted molar refractivity (Wildman–Crippen MR) is 136 cm³/mol. The number of benzene rings is 3. The summed E-state index contributed by atoms with van der Waals surface area (Å²) in [5, 5.41) is 15.1. The van der Waals surface area contributed by atoms with Crippen LogP contribution in [0.25, 0.3) is 5.76 Å². The summed E-state index contributed by atoms with van der Waals surface area (Å²) < 4.78 is 30.2. The summed E-state index contributed by atoms with van der Waals surface area (Å²) in [7, 11) is 1.48. The summed E-state index contributed by atoms with van der Waals surface area (Å²) in [6, 6.07) is 20.0. The molecule has 0 spiro atoms. The molecule has 3 aromatic carbocycles. The fourth-order valence-corrected chi connectivity index (χ4v) is 4.32. The van der Waals surface area contributed by atoms with Gasteiger partial charge in [-0.3, -0.25) is 14.5 Å². The second kappa shape index (κ2) is 10.2. The molecule has 0 aliphatic carbocycles. The van der Waals surface area contributed by atoms with Crippen LogP contribution in [0.4, 0.5) is 10.2 Å². The third-order valence-corrected chi connectivity index (χ3v) is 6.17. The number of aromatic nitrogens is 1. The second-order valence-corrected chi connectivity index (χ2v) is 8.66. The molecule has 0 saturated carbocycles. The highest BCUT2D eigenvalue weighted by atomic mass is 19.1. The van der Waals surface area contributed by atoms with Crippen molar-refractivity contribution in [1.82, 2.24) is 5.16 Å². The van der Waals surface area contributed by atoms with Crippen LogP contribution in [-0.4, -0.2) is 29.1 Å². The molecule has 1 amide bonds. The first kappa shape index (κ1) is 24.8. The molecule has 1 fully saturated rings. The number of rotatable bonds is 7. The maximum Gasteiger partial charge on any atom is 0.301 e. The molecule has 2 heterocycles. The minimum Gasteiger partial charge on any atom is -0.507 e. The van der Waals surface area contributed by atoms with E-state index < -0.39 is 29.3 Å². The van der Waals surface area contributed by atoms with E-state index in [0.29, 0.717) is 29.4 Å². The maximum atomic E-state index is 13.5. The molecular weight excluding hydrogens is 491 g/mol. The van der Waals surface area contributed by atoms with Gasteiger partial charge in [0.15, 0.2) is 17.3 Å². The van der Waals surface area contributed by atoms with Crippen molar-refractivity contribution in [2.45, 2.75) is 19.6 Å². The Balaban J connectivity index is 1.60. The highest BCUT2D eigenvalue weighted by Gasteiger charge is 2.48. The molecule has 4 aromatic rings. The van der Waals surface area contributed by atoms with Crippen LogP contribution in [-0.2, 0) is 16.2 Å². The summed E-state index contributed by atoms with van der Waals surface area (Å²) in [6.45, 7) is 1.96. The number of hydrogen-bond acceptors (Lipinski definition) is 7. The van der Waals surface area contributed by atoms with Crippen molar-refractivity contribution >= 4 is 23.3 Å². The highest BCUT2D eigenvalue weighted by molar-refractivity contribution is 6.51. The van der Waals surface area contributed by atoms with Crippen molar-refractivity contribution in [3.8, 4) is 11.5 Å². The molecule has 0 bridgehead atoms. The monoisotopic (exact) mass is 514 g/mol. The maximum absolute atomic E-state index is 13.5. The molecule has 1 saturated heterocycles. The molecule has 192 valence electrons. The largest absolute Gasteiger partial charge is 0.507 e. The lowest BCUT2D eigenvalue weighted by Crippen LogP contribution is -2.29. The molecule has 1 unspecified atom stereocenters. The second-order valence-electron chi connectivity index (χ2n) is 8.66. The van der Waals surface area contributed by atoms with Crippen molar-refractivity contribution in [3.05, 3.63) is 113 Å². The van der Waals surface area contributed by atoms with Gasteiger partial charge >= 0.3 is 5.91 Å². The number of halogens is 1. The third kappa shape index (κ3) is 4.61. The summed E-state index contributed by atoms with van der Waals surface area (Å²) in [6.07, 6.45) is 0. The number of aliphatic hydroxyl groups excluding tert-OH is 1. The van der Waals surface area contributed by atoms with Crippen molar-refractivity contribution in [2.75, 3.05) is 12.0 Å². The number of hydrogen-bond donors (Lipinski definition) is 1. The van der Waals surface area contributed by atoms with Crippen LogP contribution in [0.3, 0.4) is 0 Å². The Hall–Kier alpha value is -4.92. The smallest absolute Gasteiger partial charge is 0.301 e. The van der Waals surface area contributed by atoms with Gasteiger partial charge < -0.3 is 19.1 Å². The molecular formula is C29H23FN2O6. The SMILES string of the molecule is COc1cc(C2C(=C(O)c3ccc(F)cc3)C(=O)C(=O)N2c2cc(C)on2)ccc1OCc1ccccc1. The van der Waals surface area contributed by atoms with E-state index in [0.717, 1.165) is 22.6 Å². The van der Waals surface area contributed by atoms with Crippen LogP contribution in [0.5, 0.6) is 11.5 Å². The Morgan fingerprint density at radius 2 is 1.76 bits per heavy atom. The van der Waals surface area contributed by atoms with E-state index >= 15 is 0 Å². The summed E-state index contributed by atoms with van der Waals surface area (Å²) >= 11 is 0. The standard InChI is InChI=1S/C29H23FN2O6/c1-17-14-24(31-38-17)32-26(25(28(34)29(32)35)27(33)19-8-11-21(30)12-9-19)20-10-13-22(23(15-20)36-2)37-16-18-6-4-3-5-7-18/h3-15,26,33H,16H2,1-2H3. The molecule has 9 heteroatoms. The van der Waals surface area contributed by atoms with E-state index in [1.54, 1.807) is 25.1 Å². The van der Waals surface area contributed by atoms with Crippen molar-refractivity contribution in [2.24, 2.45) is 0 Å². The number of Topliss-reactive ketones (excluding diaryl/α,β-unsaturated/α-hetero) is 1. The Bertz CT molecular complexity index is 1530. The molecule has 5 rings (SSSR count). The van der Waals surface area contributed by atoms with Gasteiger partial charge in [0.1, 0.15) is 23.9 Å². The minimum atomic E-state index is -1.07. The van der Waals surface area contributed by atoms with Gasteiger partial charge in [-0.05, 0) is 54.4 Å². The molecule has 1 aromatic heterocycles. The van der Waals surface area contributed by atoms with E-state index in [-0.39, 0.29) is 17.0 Å². The van der Waals surface area contributed by atoms with E-state index in [2.05, 4.69) is 5.16 Å². The number of ether oxygens (including phenoxy) is 2. The van der Waals surface area contributed by atoms with Crippen LogP contribution >= 0.6 is 0 Å². The number of carbonyl (C=O) groups excluding carboxylic acids is 2. The van der Waals surface area contributed by atoms with Gasteiger partial charge in [-0.2, -0.15) is 0 Å². The van der Waals surface area contributed by atoms with Gasteiger partial charge in [0, 0.05) is 11.6 Å². The van der Waals surface area contributed by atoms with Crippen molar-refractivity contribution in [1.29, 1.82) is 0 Å². The molecule has 8 nitrogen and oxygen atoms in total. The van der Waals surface area contributed by atoms with Gasteiger partial charge in [0.25, 0.3) is 5.78 Å². The fraction of sp³-hybridized carbons (Fsp3) is 0.138. The topological polar surface area (TPSA) is 102 Å². The normalized spacial score (nSPS) is 16.6. The average Bonchev–Trinajstić information content (AvgIpc) is 3.48. The Morgan fingerprint density at radius 1 is 1.03 bits per heavy atom. The number of carbonyl (C=O) groups is 2. The lowest BCUT2D eigenvalue weighted by atomic mass is 9.95. The van der Waals surface area contributed by atoms with Crippen LogP contribution in [0.1, 0.15) is 28.5 Å². The van der Waals surface area contributed by atoms with Crippen molar-refractivity contribution in [3.63, 3.8) is 0 Å². The number of ketones is 1. The Kier molecular flexibility index (Phi) is 6.66. The molecule has 1 N–H and O–H groups in total. The van der Waals surface area contributed by atoms with Crippen LogP contribution in [0.15, 0.2) is 89.0 Å². The van der Waals surface area contributed by atoms with E-state index in [1.807, 2.05) is 30.3 Å². The lowest BCUT2D eigenvalue weighted by Gasteiger charge is -2.23. The summed E-state index contributed by atoms with van der Waals surface area (Å²) in [4.78, 5) is 27.6. The number of aliphatic hydroxyl groups is 1. The fourth-order valence-electron chi connectivity index (χ4n) is 4.32. The third-order valence-electron chi connectivity index (χ3n) is 6.17. The zero-order valence-electron chi connectivity index (χ0n) is 20.6. The first-order valence-corrected chi connectivity index (χ1v) is 11.7. The number of nitrogens with zero attached hydrogens (tertiary/aromatic N) is 2. The molecule has 1 aliphatic rings. The van der Waals surface area contributed by atoms with Gasteiger partial charge in [-0.25, -0.2) is 4.39 Å². The van der Waals surface area contributed by atoms with Gasteiger partial charge in [-0.1, -0.05) is 41.6 Å². The van der Waals surface area contributed by atoms with E-state index in [1.165, 1.54) is 25.3 Å². The molecule has 38 heavy (non-hydrogen) atoms. The van der Waals surface area contributed by atoms with Gasteiger partial charge in [0.2, 0.25) is 0 Å². The minimum absolute atomic E-state index is 0.108. The highest BCUT2D eigenvalue weighted by Crippen LogP contribution is 2.44.